The van der Waals surface area contributed by atoms with Gasteiger partial charge in [0.05, 0.1) is 22.9 Å². The number of rotatable bonds is 7. The van der Waals surface area contributed by atoms with E-state index in [9.17, 15) is 4.79 Å². The summed E-state index contributed by atoms with van der Waals surface area (Å²) in [5, 5.41) is 1.10. The van der Waals surface area contributed by atoms with Crippen molar-refractivity contribution in [2.45, 2.75) is 45.0 Å². The predicted molar refractivity (Wildman–Crippen MR) is 140 cm³/mol. The van der Waals surface area contributed by atoms with Gasteiger partial charge in [-0.3, -0.25) is 0 Å². The number of fused-ring (bicyclic) bond motifs is 1. The zero-order chi connectivity index (χ0) is 24.7. The van der Waals surface area contributed by atoms with E-state index in [1.54, 1.807) is 0 Å². The molecule has 0 atom stereocenters. The zero-order valence-electron chi connectivity index (χ0n) is 20.4. The molecule has 4 aromatic rings. The van der Waals surface area contributed by atoms with Gasteiger partial charge >= 0.3 is 5.97 Å². The topological polar surface area (TPSA) is 57.7 Å². The van der Waals surface area contributed by atoms with Gasteiger partial charge in [0.2, 0.25) is 0 Å². The molecule has 36 heavy (non-hydrogen) atoms. The maximum atomic E-state index is 13.0. The van der Waals surface area contributed by atoms with Crippen LogP contribution < -0.4 is 9.47 Å². The summed E-state index contributed by atoms with van der Waals surface area (Å²) in [7, 11) is 0. The normalized spacial score (nSPS) is 16.8. The number of hydrogen-bond donors (Lipinski definition) is 0. The number of carbonyl (C=O) groups is 1. The molecule has 6 rings (SSSR count). The van der Waals surface area contributed by atoms with Crippen molar-refractivity contribution >= 4 is 28.0 Å². The van der Waals surface area contributed by atoms with E-state index >= 15 is 0 Å². The summed E-state index contributed by atoms with van der Waals surface area (Å²) >= 11 is 0. The Morgan fingerprint density at radius 2 is 1.56 bits per heavy atom. The fraction of sp³-hybridized carbons (Fsp3) is 0.226. The van der Waals surface area contributed by atoms with Gasteiger partial charge in [0, 0.05) is 11.0 Å². The zero-order valence-corrected chi connectivity index (χ0v) is 20.4. The molecule has 1 fully saturated rings. The molecule has 1 aliphatic carbocycles. The highest BCUT2D eigenvalue weighted by molar-refractivity contribution is 6.28. The summed E-state index contributed by atoms with van der Waals surface area (Å²) in [6.07, 6.45) is 2.58. The highest BCUT2D eigenvalue weighted by Gasteiger charge is 2.41. The van der Waals surface area contributed by atoms with Crippen LogP contribution in [-0.4, -0.2) is 22.7 Å². The molecule has 5 nitrogen and oxygen atoms in total. The fourth-order valence-corrected chi connectivity index (χ4v) is 4.63. The van der Waals surface area contributed by atoms with E-state index in [0.29, 0.717) is 24.0 Å². The summed E-state index contributed by atoms with van der Waals surface area (Å²) in [6, 6.07) is 27.6. The first-order valence-corrected chi connectivity index (χ1v) is 12.3. The Hall–Kier alpha value is -4.12. The highest BCUT2D eigenvalue weighted by atomic mass is 16.6. The van der Waals surface area contributed by atoms with E-state index in [1.165, 1.54) is 0 Å². The molecule has 2 heterocycles. The average Bonchev–Trinajstić information content (AvgIpc) is 3.66. The van der Waals surface area contributed by atoms with Crippen LogP contribution in [-0.2, 0) is 16.1 Å². The molecule has 0 bridgehead atoms. The Bertz CT molecular complexity index is 1460. The molecular weight excluding hydrogens is 450 g/mol. The Morgan fingerprint density at radius 3 is 2.31 bits per heavy atom. The summed E-state index contributed by atoms with van der Waals surface area (Å²) in [6.45, 7) is 4.22. The fourth-order valence-electron chi connectivity index (χ4n) is 4.63. The second-order valence-corrected chi connectivity index (χ2v) is 9.80. The Kier molecular flexibility index (Phi) is 5.48. The minimum atomic E-state index is -0.734. The van der Waals surface area contributed by atoms with Crippen LogP contribution in [0, 0.1) is 0 Å². The van der Waals surface area contributed by atoms with Crippen molar-refractivity contribution in [3.05, 3.63) is 102 Å². The third-order valence-corrected chi connectivity index (χ3v) is 6.56. The number of esters is 1. The number of para-hydroxylation sites is 1. The van der Waals surface area contributed by atoms with Crippen molar-refractivity contribution in [1.82, 2.24) is 4.98 Å². The van der Waals surface area contributed by atoms with Gasteiger partial charge in [-0.1, -0.05) is 48.5 Å². The molecule has 0 saturated heterocycles. The van der Waals surface area contributed by atoms with Gasteiger partial charge in [-0.05, 0) is 74.2 Å². The second kappa shape index (κ2) is 8.83. The van der Waals surface area contributed by atoms with Crippen molar-refractivity contribution in [3.63, 3.8) is 0 Å². The van der Waals surface area contributed by atoms with E-state index < -0.39 is 5.60 Å². The molecule has 1 saturated carbocycles. The van der Waals surface area contributed by atoms with Crippen LogP contribution >= 0.6 is 0 Å². The molecule has 2 aliphatic rings. The molecular formula is C31H27NO4. The first-order valence-electron chi connectivity index (χ1n) is 12.3. The van der Waals surface area contributed by atoms with Gasteiger partial charge in [-0.25, -0.2) is 9.78 Å². The van der Waals surface area contributed by atoms with E-state index in [2.05, 4.69) is 11.1 Å². The van der Waals surface area contributed by atoms with E-state index in [1.807, 2.05) is 92.7 Å². The SMILES string of the molecule is CC1(C)OC(=O)C(c2ccc(OCc3ccc4ccccc4n3)cc2)=C1c1ccc(OC2CC2)cc1. The molecule has 0 spiro atoms. The van der Waals surface area contributed by atoms with Crippen LogP contribution in [0.15, 0.2) is 84.9 Å². The van der Waals surface area contributed by atoms with Crippen LogP contribution in [0.25, 0.3) is 22.0 Å². The molecule has 180 valence electrons. The third-order valence-electron chi connectivity index (χ3n) is 6.56. The molecule has 1 aromatic heterocycles. The van der Waals surface area contributed by atoms with E-state index in [-0.39, 0.29) is 5.97 Å². The van der Waals surface area contributed by atoms with Gasteiger partial charge in [0.15, 0.2) is 0 Å². The lowest BCUT2D eigenvalue weighted by atomic mass is 9.87. The Labute approximate surface area is 210 Å². The van der Waals surface area contributed by atoms with E-state index in [4.69, 9.17) is 14.2 Å². The number of nitrogens with zero attached hydrogens (tertiary/aromatic N) is 1. The number of hydrogen-bond acceptors (Lipinski definition) is 5. The van der Waals surface area contributed by atoms with Gasteiger partial charge < -0.3 is 14.2 Å². The van der Waals surface area contributed by atoms with Crippen LogP contribution in [0.3, 0.4) is 0 Å². The molecule has 0 amide bonds. The summed E-state index contributed by atoms with van der Waals surface area (Å²) in [4.78, 5) is 17.6. The van der Waals surface area contributed by atoms with Crippen molar-refractivity contribution < 1.29 is 19.0 Å². The van der Waals surface area contributed by atoms with Crippen molar-refractivity contribution in [1.29, 1.82) is 0 Å². The monoisotopic (exact) mass is 477 g/mol. The molecule has 1 aliphatic heterocycles. The molecule has 0 unspecified atom stereocenters. The lowest BCUT2D eigenvalue weighted by Gasteiger charge is -2.22. The highest BCUT2D eigenvalue weighted by Crippen LogP contribution is 2.44. The van der Waals surface area contributed by atoms with Gasteiger partial charge in [-0.15, -0.1) is 0 Å². The first kappa shape index (κ1) is 22.4. The lowest BCUT2D eigenvalue weighted by molar-refractivity contribution is -0.141. The van der Waals surface area contributed by atoms with Gasteiger partial charge in [-0.2, -0.15) is 0 Å². The van der Waals surface area contributed by atoms with Crippen molar-refractivity contribution in [2.24, 2.45) is 0 Å². The van der Waals surface area contributed by atoms with Crippen LogP contribution in [0.5, 0.6) is 11.5 Å². The summed E-state index contributed by atoms with van der Waals surface area (Å²) in [5.41, 5.74) is 4.28. The predicted octanol–water partition coefficient (Wildman–Crippen LogP) is 6.60. The number of carbonyl (C=O) groups excluding carboxylic acids is 1. The van der Waals surface area contributed by atoms with Crippen LogP contribution in [0.1, 0.15) is 43.5 Å². The van der Waals surface area contributed by atoms with Crippen molar-refractivity contribution in [2.75, 3.05) is 0 Å². The number of pyridine rings is 1. The maximum Gasteiger partial charge on any atom is 0.340 e. The molecule has 0 N–H and O–H groups in total. The third kappa shape index (κ3) is 4.44. The number of benzene rings is 3. The minimum absolute atomic E-state index is 0.317. The average molecular weight is 478 g/mol. The van der Waals surface area contributed by atoms with Gasteiger partial charge in [0.1, 0.15) is 23.7 Å². The molecule has 0 radical (unpaired) electrons. The summed E-state index contributed by atoms with van der Waals surface area (Å²) in [5.74, 6) is 1.25. The Morgan fingerprint density at radius 1 is 0.861 bits per heavy atom. The second-order valence-electron chi connectivity index (χ2n) is 9.80. The van der Waals surface area contributed by atoms with Crippen molar-refractivity contribution in [3.8, 4) is 11.5 Å². The number of cyclic esters (lactones) is 1. The Balaban J connectivity index is 1.24. The van der Waals surface area contributed by atoms with Crippen LogP contribution in [0.4, 0.5) is 0 Å². The lowest BCUT2D eigenvalue weighted by Crippen LogP contribution is -2.22. The number of aromatic nitrogens is 1. The minimum Gasteiger partial charge on any atom is -0.490 e. The van der Waals surface area contributed by atoms with Crippen LogP contribution in [0.2, 0.25) is 0 Å². The standard InChI is InChI=1S/C31H27NO4/c1-31(2)29(22-10-15-25(16-11-22)35-26-17-18-26)28(30(33)36-31)21-8-13-24(14-9-21)34-19-23-12-7-20-5-3-4-6-27(20)32-23/h3-16,26H,17-19H2,1-2H3. The largest absolute Gasteiger partial charge is 0.490 e. The van der Waals surface area contributed by atoms with E-state index in [0.717, 1.165) is 51.9 Å². The molecule has 5 heteroatoms. The maximum absolute atomic E-state index is 13.0. The summed E-state index contributed by atoms with van der Waals surface area (Å²) < 4.78 is 17.6. The smallest absolute Gasteiger partial charge is 0.340 e. The number of ether oxygens (including phenoxy) is 3. The molecule has 3 aromatic carbocycles. The first-order chi connectivity index (χ1) is 17.5. The quantitative estimate of drug-likeness (QED) is 0.281. The van der Waals surface area contributed by atoms with Gasteiger partial charge in [0.25, 0.3) is 0 Å².